The van der Waals surface area contributed by atoms with Gasteiger partial charge in [-0.15, -0.1) is 0 Å². The fourth-order valence-corrected chi connectivity index (χ4v) is 7.52. The van der Waals surface area contributed by atoms with Crippen LogP contribution in [-0.2, 0) is 0 Å². The molecule has 0 saturated heterocycles. The van der Waals surface area contributed by atoms with Crippen molar-refractivity contribution in [3.8, 4) is 33.4 Å². The molecule has 0 radical (unpaired) electrons. The summed E-state index contributed by atoms with van der Waals surface area (Å²) in [5, 5.41) is 8.23. The van der Waals surface area contributed by atoms with Crippen LogP contribution in [0.2, 0.25) is 0 Å². The molecule has 8 aromatic carbocycles. The zero-order valence-corrected chi connectivity index (χ0v) is 28.8. The van der Waals surface area contributed by atoms with Crippen molar-refractivity contribution in [2.45, 2.75) is 6.17 Å². The number of rotatable bonds is 6. The van der Waals surface area contributed by atoms with Crippen molar-refractivity contribution >= 4 is 44.4 Å². The minimum Gasteiger partial charge on any atom is -0.456 e. The third kappa shape index (κ3) is 5.67. The van der Waals surface area contributed by atoms with E-state index in [0.29, 0.717) is 5.84 Å². The van der Waals surface area contributed by atoms with Gasteiger partial charge in [-0.25, -0.2) is 9.98 Å². The average molecular weight is 680 g/mol. The molecule has 1 aliphatic rings. The molecule has 0 fully saturated rings. The highest BCUT2D eigenvalue weighted by molar-refractivity contribution is 6.15. The van der Waals surface area contributed by atoms with Crippen LogP contribution in [0.3, 0.4) is 0 Å². The van der Waals surface area contributed by atoms with E-state index in [2.05, 4.69) is 163 Å². The number of benzene rings is 8. The normalized spacial score (nSPS) is 14.2. The second-order valence-electron chi connectivity index (χ2n) is 13.4. The lowest BCUT2D eigenvalue weighted by Crippen LogP contribution is -2.33. The van der Waals surface area contributed by atoms with E-state index in [-0.39, 0.29) is 0 Å². The smallest absolute Gasteiger partial charge is 0.159 e. The molecule has 9 aromatic rings. The molecule has 0 saturated carbocycles. The summed E-state index contributed by atoms with van der Waals surface area (Å²) in [6.07, 6.45) is -0.416. The Morgan fingerprint density at radius 3 is 1.91 bits per heavy atom. The number of aliphatic imine (C=N–C) groups is 2. The Kier molecular flexibility index (Phi) is 7.51. The second-order valence-corrected chi connectivity index (χ2v) is 13.4. The SMILES string of the molecule is c1ccc(C2=NC(c3ccc(-c4ccccc4)c(-c4ccc5ccccc5c4)c3)=NC(c3cccc4oc5ccc(-c6ccccc6)cc5c34)N2)cc1. The van der Waals surface area contributed by atoms with Crippen molar-refractivity contribution in [3.05, 3.63) is 205 Å². The molecule has 1 atom stereocenters. The summed E-state index contributed by atoms with van der Waals surface area (Å²) in [5.74, 6) is 1.44. The summed E-state index contributed by atoms with van der Waals surface area (Å²) in [6.45, 7) is 0. The van der Waals surface area contributed by atoms with Gasteiger partial charge in [0.25, 0.3) is 0 Å². The fraction of sp³-hybridized carbons (Fsp3) is 0.0204. The maximum absolute atomic E-state index is 6.44. The zero-order valence-electron chi connectivity index (χ0n) is 28.8. The molecular weight excluding hydrogens is 647 g/mol. The van der Waals surface area contributed by atoms with Crippen molar-refractivity contribution < 1.29 is 4.42 Å². The molecule has 4 heteroatoms. The highest BCUT2D eigenvalue weighted by Crippen LogP contribution is 2.39. The van der Waals surface area contributed by atoms with Gasteiger partial charge in [0.15, 0.2) is 5.84 Å². The van der Waals surface area contributed by atoms with E-state index in [4.69, 9.17) is 14.4 Å². The molecule has 0 spiro atoms. The molecule has 0 bridgehead atoms. The average Bonchev–Trinajstić information content (AvgIpc) is 3.62. The van der Waals surface area contributed by atoms with E-state index < -0.39 is 6.17 Å². The van der Waals surface area contributed by atoms with E-state index in [1.165, 1.54) is 10.8 Å². The van der Waals surface area contributed by atoms with E-state index >= 15 is 0 Å². The van der Waals surface area contributed by atoms with Gasteiger partial charge in [0.2, 0.25) is 0 Å². The Hall–Kier alpha value is -7.04. The Balaban J connectivity index is 1.16. The molecule has 1 aliphatic heterocycles. The van der Waals surface area contributed by atoms with Gasteiger partial charge in [-0.1, -0.05) is 158 Å². The summed E-state index contributed by atoms with van der Waals surface area (Å²) in [6, 6.07) is 65.8. The Bertz CT molecular complexity index is 2850. The van der Waals surface area contributed by atoms with Gasteiger partial charge < -0.3 is 9.73 Å². The predicted molar refractivity (Wildman–Crippen MR) is 219 cm³/mol. The van der Waals surface area contributed by atoms with Gasteiger partial charge in [-0.3, -0.25) is 0 Å². The number of fused-ring (bicyclic) bond motifs is 4. The molecule has 0 amide bonds. The molecule has 4 nitrogen and oxygen atoms in total. The van der Waals surface area contributed by atoms with Gasteiger partial charge in [0.1, 0.15) is 23.2 Å². The lowest BCUT2D eigenvalue weighted by Gasteiger charge is -2.24. The number of amidine groups is 2. The molecule has 250 valence electrons. The van der Waals surface area contributed by atoms with E-state index in [9.17, 15) is 0 Å². The van der Waals surface area contributed by atoms with Crippen molar-refractivity contribution in [3.63, 3.8) is 0 Å². The first-order valence-corrected chi connectivity index (χ1v) is 17.9. The quantitative estimate of drug-likeness (QED) is 0.190. The second kappa shape index (κ2) is 12.9. The summed E-state index contributed by atoms with van der Waals surface area (Å²) < 4.78 is 6.44. The van der Waals surface area contributed by atoms with Crippen LogP contribution >= 0.6 is 0 Å². The Morgan fingerprint density at radius 1 is 0.434 bits per heavy atom. The van der Waals surface area contributed by atoms with Crippen LogP contribution in [0, 0.1) is 0 Å². The molecule has 2 heterocycles. The number of nitrogens with one attached hydrogen (secondary N) is 1. The lowest BCUT2D eigenvalue weighted by molar-refractivity contribution is 0.662. The van der Waals surface area contributed by atoms with Crippen molar-refractivity contribution in [2.24, 2.45) is 9.98 Å². The zero-order chi connectivity index (χ0) is 35.1. The Morgan fingerprint density at radius 2 is 1.11 bits per heavy atom. The Labute approximate surface area is 307 Å². The van der Waals surface area contributed by atoms with Crippen molar-refractivity contribution in [1.82, 2.24) is 5.32 Å². The van der Waals surface area contributed by atoms with E-state index in [1.807, 2.05) is 30.3 Å². The van der Waals surface area contributed by atoms with Crippen LogP contribution in [0.4, 0.5) is 0 Å². The maximum atomic E-state index is 6.44. The number of hydrogen-bond acceptors (Lipinski definition) is 4. The van der Waals surface area contributed by atoms with Crippen LogP contribution in [0.15, 0.2) is 202 Å². The number of hydrogen-bond donors (Lipinski definition) is 1. The van der Waals surface area contributed by atoms with Crippen LogP contribution < -0.4 is 5.32 Å². The van der Waals surface area contributed by atoms with E-state index in [0.717, 1.165) is 77.8 Å². The molecule has 1 aromatic heterocycles. The third-order valence-electron chi connectivity index (χ3n) is 10.1. The molecule has 1 unspecified atom stereocenters. The topological polar surface area (TPSA) is 49.9 Å². The van der Waals surface area contributed by atoms with Crippen LogP contribution in [-0.4, -0.2) is 11.7 Å². The molecule has 0 aliphatic carbocycles. The first-order valence-electron chi connectivity index (χ1n) is 17.9. The summed E-state index contributed by atoms with van der Waals surface area (Å²) in [5.41, 5.74) is 11.6. The summed E-state index contributed by atoms with van der Waals surface area (Å²) >= 11 is 0. The van der Waals surface area contributed by atoms with Crippen LogP contribution in [0.25, 0.3) is 66.1 Å². The lowest BCUT2D eigenvalue weighted by atomic mass is 9.91. The van der Waals surface area contributed by atoms with Crippen molar-refractivity contribution in [1.29, 1.82) is 0 Å². The van der Waals surface area contributed by atoms with Gasteiger partial charge in [-0.05, 0) is 74.5 Å². The molecule has 10 rings (SSSR count). The third-order valence-corrected chi connectivity index (χ3v) is 10.1. The van der Waals surface area contributed by atoms with Gasteiger partial charge in [0.05, 0.1) is 0 Å². The summed E-state index contributed by atoms with van der Waals surface area (Å²) in [4.78, 5) is 10.6. The molecular formula is C49H33N3O. The largest absolute Gasteiger partial charge is 0.456 e. The monoisotopic (exact) mass is 679 g/mol. The standard InChI is InChI=1S/C49H33N3O/c1-4-13-32(14-5-1)37-26-28-44-43(30-37)46-41(21-12-22-45(46)53-44)49-51-47(35-18-8-3-9-19-35)50-48(52-49)39-25-27-40(34-16-6-2-7-17-34)42(31-39)38-24-23-33-15-10-11-20-36(33)29-38/h1-31,49H,(H,50,51,52). The van der Waals surface area contributed by atoms with Gasteiger partial charge >= 0.3 is 0 Å². The summed E-state index contributed by atoms with van der Waals surface area (Å²) in [7, 11) is 0. The highest BCUT2D eigenvalue weighted by atomic mass is 16.3. The number of furan rings is 1. The molecule has 1 N–H and O–H groups in total. The highest BCUT2D eigenvalue weighted by Gasteiger charge is 2.25. The predicted octanol–water partition coefficient (Wildman–Crippen LogP) is 12.2. The van der Waals surface area contributed by atoms with Crippen LogP contribution in [0.5, 0.6) is 0 Å². The number of nitrogens with zero attached hydrogens (tertiary/aromatic N) is 2. The first-order chi connectivity index (χ1) is 26.2. The fourth-order valence-electron chi connectivity index (χ4n) is 7.52. The minimum absolute atomic E-state index is 0.416. The van der Waals surface area contributed by atoms with Crippen molar-refractivity contribution in [2.75, 3.05) is 0 Å². The van der Waals surface area contributed by atoms with Crippen LogP contribution in [0.1, 0.15) is 22.9 Å². The minimum atomic E-state index is -0.416. The van der Waals surface area contributed by atoms with Gasteiger partial charge in [0, 0.05) is 27.5 Å². The first kappa shape index (κ1) is 30.8. The van der Waals surface area contributed by atoms with Gasteiger partial charge in [-0.2, -0.15) is 0 Å². The van der Waals surface area contributed by atoms with E-state index in [1.54, 1.807) is 0 Å². The maximum Gasteiger partial charge on any atom is 0.159 e. The molecule has 53 heavy (non-hydrogen) atoms.